The van der Waals surface area contributed by atoms with E-state index in [1.807, 2.05) is 31.2 Å². The van der Waals surface area contributed by atoms with Crippen LogP contribution < -0.4 is 10.1 Å². The van der Waals surface area contributed by atoms with E-state index in [-0.39, 0.29) is 11.8 Å². The monoisotopic (exact) mass is 432 g/mol. The molecule has 1 amide bonds. The third-order valence-electron chi connectivity index (χ3n) is 4.99. The lowest BCUT2D eigenvalue weighted by atomic mass is 9.96. The lowest BCUT2D eigenvalue weighted by molar-refractivity contribution is -0.165. The number of halogens is 3. The highest BCUT2D eigenvalue weighted by Gasteiger charge is 2.36. The third kappa shape index (κ3) is 6.60. The minimum Gasteiger partial charge on any atom is -0.457 e. The summed E-state index contributed by atoms with van der Waals surface area (Å²) in [6, 6.07) is 14.7. The molecule has 0 spiro atoms. The third-order valence-corrected chi connectivity index (χ3v) is 4.99. The number of allylic oxidation sites excluding steroid dienone is 1. The molecule has 0 bridgehead atoms. The van der Waals surface area contributed by atoms with Crippen molar-refractivity contribution in [2.45, 2.75) is 25.9 Å². The van der Waals surface area contributed by atoms with Crippen molar-refractivity contribution in [1.29, 1.82) is 0 Å². The molecule has 1 saturated heterocycles. The van der Waals surface area contributed by atoms with E-state index in [2.05, 4.69) is 5.32 Å². The summed E-state index contributed by atoms with van der Waals surface area (Å²) in [6.07, 6.45) is -2.21. The molecule has 8 heteroatoms. The molecule has 3 rings (SSSR count). The summed E-state index contributed by atoms with van der Waals surface area (Å²) >= 11 is 0. The van der Waals surface area contributed by atoms with E-state index < -0.39 is 12.0 Å². The molecule has 5 nitrogen and oxygen atoms in total. The van der Waals surface area contributed by atoms with Gasteiger partial charge in [0, 0.05) is 37.0 Å². The standard InChI is InChI=1S/C23H23F3N2O3/c1-16-2-6-19(7-3-16)31-20-8-4-18(5-9-20)27-22(30)17-10-13-28(14-11-17)15-12-21(29)23(24,25)26/h2-9,12,15,17H,10-11,13-14H2,1H3,(H,27,30)/b15-12+. The maximum Gasteiger partial charge on any atom is 0.454 e. The Balaban J connectivity index is 1.47. The SMILES string of the molecule is Cc1ccc(Oc2ccc(NC(=O)C3CCN(/C=C/C(=O)C(F)(F)F)CC3)cc2)cc1. The number of carbonyl (C=O) groups is 2. The lowest BCUT2D eigenvalue weighted by Gasteiger charge is -2.30. The molecule has 1 N–H and O–H groups in total. The Morgan fingerprint density at radius 2 is 1.55 bits per heavy atom. The Bertz CT molecular complexity index is 930. The van der Waals surface area contributed by atoms with Crippen LogP contribution in [0.3, 0.4) is 0 Å². The van der Waals surface area contributed by atoms with E-state index in [4.69, 9.17) is 4.74 Å². The smallest absolute Gasteiger partial charge is 0.454 e. The summed E-state index contributed by atoms with van der Waals surface area (Å²) in [5, 5.41) is 2.86. The van der Waals surface area contributed by atoms with Gasteiger partial charge in [0.1, 0.15) is 11.5 Å². The molecule has 31 heavy (non-hydrogen) atoms. The van der Waals surface area contributed by atoms with Crippen LogP contribution in [0.25, 0.3) is 0 Å². The second-order valence-electron chi connectivity index (χ2n) is 7.42. The number of anilines is 1. The van der Waals surface area contributed by atoms with Gasteiger partial charge >= 0.3 is 6.18 Å². The van der Waals surface area contributed by atoms with E-state index in [1.54, 1.807) is 29.2 Å². The molecule has 0 radical (unpaired) electrons. The fraction of sp³-hybridized carbons (Fsp3) is 0.304. The second kappa shape index (κ2) is 9.68. The summed E-state index contributed by atoms with van der Waals surface area (Å²) in [5.41, 5.74) is 1.78. The van der Waals surface area contributed by atoms with Gasteiger partial charge in [-0.3, -0.25) is 9.59 Å². The van der Waals surface area contributed by atoms with Crippen LogP contribution in [-0.2, 0) is 9.59 Å². The van der Waals surface area contributed by atoms with Crippen molar-refractivity contribution in [2.75, 3.05) is 18.4 Å². The van der Waals surface area contributed by atoms with Gasteiger partial charge in [-0.05, 0) is 56.2 Å². The van der Waals surface area contributed by atoms with Gasteiger partial charge in [-0.25, -0.2) is 0 Å². The van der Waals surface area contributed by atoms with Crippen molar-refractivity contribution in [3.63, 3.8) is 0 Å². The number of carbonyl (C=O) groups excluding carboxylic acids is 2. The number of ether oxygens (including phenoxy) is 1. The highest BCUT2D eigenvalue weighted by molar-refractivity contribution is 5.94. The number of alkyl halides is 3. The van der Waals surface area contributed by atoms with Gasteiger partial charge < -0.3 is 15.0 Å². The average Bonchev–Trinajstić information content (AvgIpc) is 2.74. The van der Waals surface area contributed by atoms with Gasteiger partial charge in [-0.15, -0.1) is 0 Å². The quantitative estimate of drug-likeness (QED) is 0.647. The zero-order valence-electron chi connectivity index (χ0n) is 17.0. The summed E-state index contributed by atoms with van der Waals surface area (Å²) < 4.78 is 42.5. The van der Waals surface area contributed by atoms with E-state index >= 15 is 0 Å². The van der Waals surface area contributed by atoms with Crippen molar-refractivity contribution in [3.8, 4) is 11.5 Å². The number of aryl methyl sites for hydroxylation is 1. The Morgan fingerprint density at radius 1 is 1.00 bits per heavy atom. The molecule has 1 aliphatic heterocycles. The van der Waals surface area contributed by atoms with Crippen molar-refractivity contribution in [1.82, 2.24) is 4.90 Å². The Hall–Kier alpha value is -3.29. The van der Waals surface area contributed by atoms with Crippen LogP contribution in [0.5, 0.6) is 11.5 Å². The minimum atomic E-state index is -4.87. The summed E-state index contributed by atoms with van der Waals surface area (Å²) in [5.74, 6) is -0.897. The lowest BCUT2D eigenvalue weighted by Crippen LogP contribution is -2.35. The zero-order chi connectivity index (χ0) is 22.4. The fourth-order valence-electron chi connectivity index (χ4n) is 3.17. The number of nitrogens with one attached hydrogen (secondary N) is 1. The Morgan fingerprint density at radius 3 is 2.10 bits per heavy atom. The molecule has 2 aromatic carbocycles. The number of nitrogens with zero attached hydrogens (tertiary/aromatic N) is 1. The number of piperidine rings is 1. The number of likely N-dealkylation sites (tertiary alicyclic amines) is 1. The van der Waals surface area contributed by atoms with Gasteiger partial charge in [0.25, 0.3) is 5.78 Å². The molecule has 0 atom stereocenters. The predicted octanol–water partition coefficient (Wildman–Crippen LogP) is 5.08. The first-order valence-corrected chi connectivity index (χ1v) is 9.89. The first-order chi connectivity index (χ1) is 14.7. The molecule has 0 aromatic heterocycles. The topological polar surface area (TPSA) is 58.6 Å². The van der Waals surface area contributed by atoms with Gasteiger partial charge in [0.2, 0.25) is 5.91 Å². The normalized spacial score (nSPS) is 15.2. The fourth-order valence-corrected chi connectivity index (χ4v) is 3.17. The van der Waals surface area contributed by atoms with E-state index in [1.165, 1.54) is 0 Å². The minimum absolute atomic E-state index is 0.137. The summed E-state index contributed by atoms with van der Waals surface area (Å²) in [4.78, 5) is 25.0. The number of benzene rings is 2. The van der Waals surface area contributed by atoms with Crippen LogP contribution in [-0.4, -0.2) is 35.9 Å². The molecular weight excluding hydrogens is 409 g/mol. The van der Waals surface area contributed by atoms with E-state index in [9.17, 15) is 22.8 Å². The highest BCUT2D eigenvalue weighted by atomic mass is 19.4. The van der Waals surface area contributed by atoms with Crippen LogP contribution >= 0.6 is 0 Å². The second-order valence-corrected chi connectivity index (χ2v) is 7.42. The van der Waals surface area contributed by atoms with Crippen LogP contribution in [0.2, 0.25) is 0 Å². The van der Waals surface area contributed by atoms with Gasteiger partial charge in [0.05, 0.1) is 0 Å². The predicted molar refractivity (Wildman–Crippen MR) is 111 cm³/mol. The largest absolute Gasteiger partial charge is 0.457 e. The molecular formula is C23H23F3N2O3. The molecule has 0 aliphatic carbocycles. The molecule has 2 aromatic rings. The van der Waals surface area contributed by atoms with E-state index in [0.717, 1.165) is 17.5 Å². The highest BCUT2D eigenvalue weighted by Crippen LogP contribution is 2.25. The zero-order valence-corrected chi connectivity index (χ0v) is 17.0. The molecule has 1 fully saturated rings. The number of hydrogen-bond donors (Lipinski definition) is 1. The Labute approximate surface area is 178 Å². The van der Waals surface area contributed by atoms with Gasteiger partial charge in [0.15, 0.2) is 0 Å². The molecule has 1 heterocycles. The van der Waals surface area contributed by atoms with E-state index in [0.29, 0.717) is 43.4 Å². The van der Waals surface area contributed by atoms with Gasteiger partial charge in [-0.1, -0.05) is 17.7 Å². The molecule has 1 aliphatic rings. The van der Waals surface area contributed by atoms with Crippen LogP contribution in [0.4, 0.5) is 18.9 Å². The van der Waals surface area contributed by atoms with Crippen molar-refractivity contribution >= 4 is 17.4 Å². The molecule has 0 unspecified atom stereocenters. The van der Waals surface area contributed by atoms with Crippen LogP contribution in [0.15, 0.2) is 60.8 Å². The summed E-state index contributed by atoms with van der Waals surface area (Å²) in [7, 11) is 0. The number of rotatable bonds is 6. The summed E-state index contributed by atoms with van der Waals surface area (Å²) in [6.45, 7) is 2.81. The number of amides is 1. The van der Waals surface area contributed by atoms with Crippen molar-refractivity contribution in [3.05, 3.63) is 66.4 Å². The first kappa shape index (κ1) is 22.4. The van der Waals surface area contributed by atoms with Crippen molar-refractivity contribution in [2.24, 2.45) is 5.92 Å². The Kier molecular flexibility index (Phi) is 6.99. The van der Waals surface area contributed by atoms with Gasteiger partial charge in [-0.2, -0.15) is 13.2 Å². The van der Waals surface area contributed by atoms with Crippen LogP contribution in [0.1, 0.15) is 18.4 Å². The molecule has 164 valence electrons. The maximum absolute atomic E-state index is 12.5. The maximum atomic E-state index is 12.5. The van der Waals surface area contributed by atoms with Crippen LogP contribution in [0, 0.1) is 12.8 Å². The number of ketones is 1. The first-order valence-electron chi connectivity index (χ1n) is 9.89. The molecule has 0 saturated carbocycles. The average molecular weight is 432 g/mol. The number of hydrogen-bond acceptors (Lipinski definition) is 4. The van der Waals surface area contributed by atoms with Crippen molar-refractivity contribution < 1.29 is 27.5 Å².